The second-order valence-corrected chi connectivity index (χ2v) is 24.2. The molecule has 2 aliphatic carbocycles. The van der Waals surface area contributed by atoms with Gasteiger partial charge in [-0.15, -0.1) is 11.3 Å². The summed E-state index contributed by atoms with van der Waals surface area (Å²) in [7, 11) is 2.51. The maximum atomic E-state index is 6.58. The van der Waals surface area contributed by atoms with Gasteiger partial charge in [0.25, 0.3) is 0 Å². The summed E-state index contributed by atoms with van der Waals surface area (Å²) in [5.41, 5.74) is 22.6. The lowest BCUT2D eigenvalue weighted by molar-refractivity contribution is 0.332. The lowest BCUT2D eigenvalue weighted by Crippen LogP contribution is -2.38. The molecule has 8 aromatic carbocycles. The third-order valence-electron chi connectivity index (χ3n) is 16.6. The number of aromatic nitrogens is 1. The van der Waals surface area contributed by atoms with Gasteiger partial charge in [-0.1, -0.05) is 141 Å². The molecule has 11 aromatic rings. The summed E-state index contributed by atoms with van der Waals surface area (Å²) in [5.74, 6) is 0. The molecule has 0 saturated heterocycles. The van der Waals surface area contributed by atoms with Crippen LogP contribution in [0.2, 0.25) is 0 Å². The molecule has 3 aliphatic rings. The molecule has 14 rings (SSSR count). The van der Waals surface area contributed by atoms with Gasteiger partial charge in [-0.3, -0.25) is 0 Å². The number of anilines is 2. The summed E-state index contributed by atoms with van der Waals surface area (Å²) in [6.07, 6.45) is 2.39. The van der Waals surface area contributed by atoms with E-state index in [-0.39, 0.29) is 21.7 Å². The molecule has 4 heterocycles. The van der Waals surface area contributed by atoms with E-state index in [2.05, 4.69) is 213 Å². The van der Waals surface area contributed by atoms with Crippen molar-refractivity contribution in [2.24, 2.45) is 0 Å². The number of hydrogen-bond donors (Lipinski definition) is 1. The third kappa shape index (κ3) is 5.48. The summed E-state index contributed by atoms with van der Waals surface area (Å²) in [6.45, 7) is 21.4. The average molecular weight is 898 g/mol. The Morgan fingerprint density at radius 2 is 1.29 bits per heavy atom. The summed E-state index contributed by atoms with van der Waals surface area (Å²) >= 11 is 1.94. The number of para-hydroxylation sites is 1. The van der Waals surface area contributed by atoms with Gasteiger partial charge in [0, 0.05) is 75.3 Å². The summed E-state index contributed by atoms with van der Waals surface area (Å²) in [6, 6.07) is 51.0. The Kier molecular flexibility index (Phi) is 7.96. The van der Waals surface area contributed by atoms with E-state index in [1.807, 2.05) is 11.3 Å². The smallest absolute Gasteiger partial charge is 0.197 e. The second-order valence-electron chi connectivity index (χ2n) is 23.1. The van der Waals surface area contributed by atoms with Crippen LogP contribution in [0.1, 0.15) is 103 Å². The van der Waals surface area contributed by atoms with E-state index in [1.165, 1.54) is 127 Å². The van der Waals surface area contributed by atoms with E-state index >= 15 is 0 Å². The summed E-state index contributed by atoms with van der Waals surface area (Å²) in [4.78, 5) is 0. The topological polar surface area (TPSA) is 30.1 Å². The van der Waals surface area contributed by atoms with Crippen LogP contribution < -0.4 is 16.2 Å². The molecule has 0 saturated carbocycles. The van der Waals surface area contributed by atoms with Crippen molar-refractivity contribution in [3.63, 3.8) is 0 Å². The normalized spacial score (nSPS) is 16.4. The van der Waals surface area contributed by atoms with E-state index in [9.17, 15) is 0 Å². The number of benzene rings is 8. The minimum Gasteiger partial charge on any atom is -0.456 e. The number of thiophene rings is 1. The third-order valence-corrected chi connectivity index (χ3v) is 17.8. The van der Waals surface area contributed by atoms with Crippen LogP contribution in [0, 0.1) is 0 Å². The molecule has 5 heteroatoms. The van der Waals surface area contributed by atoms with Crippen molar-refractivity contribution in [2.45, 2.75) is 96.8 Å². The van der Waals surface area contributed by atoms with Crippen molar-refractivity contribution in [2.75, 3.05) is 5.32 Å². The Morgan fingerprint density at radius 1 is 0.574 bits per heavy atom. The molecule has 0 bridgehead atoms. The first-order valence-electron chi connectivity index (χ1n) is 24.5. The van der Waals surface area contributed by atoms with E-state index in [1.54, 1.807) is 0 Å². The van der Waals surface area contributed by atoms with Gasteiger partial charge >= 0.3 is 0 Å². The molecule has 1 aliphatic heterocycles. The van der Waals surface area contributed by atoms with E-state index < -0.39 is 0 Å². The van der Waals surface area contributed by atoms with E-state index in [0.29, 0.717) is 0 Å². The average Bonchev–Trinajstić information content (AvgIpc) is 4.03. The molecular weight excluding hydrogens is 844 g/mol. The lowest BCUT2D eigenvalue weighted by atomic mass is 9.58. The maximum absolute atomic E-state index is 6.58. The van der Waals surface area contributed by atoms with Crippen LogP contribution in [0.15, 0.2) is 138 Å². The first-order chi connectivity index (χ1) is 32.5. The van der Waals surface area contributed by atoms with Crippen molar-refractivity contribution in [1.82, 2.24) is 4.57 Å². The molecule has 0 atom stereocenters. The van der Waals surface area contributed by atoms with Gasteiger partial charge in [0.2, 0.25) is 0 Å². The predicted octanol–water partition coefficient (Wildman–Crippen LogP) is 16.4. The van der Waals surface area contributed by atoms with Crippen LogP contribution in [-0.4, -0.2) is 11.8 Å². The highest BCUT2D eigenvalue weighted by atomic mass is 32.1. The summed E-state index contributed by atoms with van der Waals surface area (Å²) in [5, 5.41) is 11.5. The first-order valence-corrected chi connectivity index (χ1v) is 25.3. The van der Waals surface area contributed by atoms with Gasteiger partial charge in [0.1, 0.15) is 11.2 Å². The predicted molar refractivity (Wildman–Crippen MR) is 293 cm³/mol. The molecule has 1 radical (unpaired) electrons. The van der Waals surface area contributed by atoms with Crippen molar-refractivity contribution in [3.05, 3.63) is 161 Å². The van der Waals surface area contributed by atoms with Crippen molar-refractivity contribution in [3.8, 4) is 27.9 Å². The van der Waals surface area contributed by atoms with Crippen LogP contribution in [0.25, 0.3) is 91.9 Å². The lowest BCUT2D eigenvalue weighted by Gasteiger charge is -2.41. The largest absolute Gasteiger partial charge is 0.456 e. The quantitative estimate of drug-likeness (QED) is 0.179. The number of nitrogens with one attached hydrogen (secondary N) is 1. The molecule has 3 nitrogen and oxygen atoms in total. The Labute approximate surface area is 403 Å². The minimum atomic E-state index is -0.127. The molecule has 0 spiro atoms. The Bertz CT molecular complexity index is 4030. The maximum Gasteiger partial charge on any atom is 0.197 e. The number of hydrogen-bond acceptors (Lipinski definition) is 3. The van der Waals surface area contributed by atoms with Crippen molar-refractivity contribution < 1.29 is 4.42 Å². The monoisotopic (exact) mass is 897 g/mol. The molecule has 331 valence electrons. The van der Waals surface area contributed by atoms with Crippen LogP contribution in [0.4, 0.5) is 11.4 Å². The molecule has 0 unspecified atom stereocenters. The number of fused-ring (bicyclic) bond motifs is 16. The first kappa shape index (κ1) is 40.5. The Morgan fingerprint density at radius 3 is 2.09 bits per heavy atom. The highest BCUT2D eigenvalue weighted by Crippen LogP contribution is 2.52. The van der Waals surface area contributed by atoms with Crippen LogP contribution in [0.3, 0.4) is 0 Å². The molecule has 0 amide bonds. The van der Waals surface area contributed by atoms with Gasteiger partial charge in [-0.05, 0) is 140 Å². The zero-order valence-electron chi connectivity index (χ0n) is 40.5. The number of rotatable bonds is 3. The van der Waals surface area contributed by atoms with Gasteiger partial charge in [0.05, 0.1) is 5.52 Å². The van der Waals surface area contributed by atoms with Crippen molar-refractivity contribution >= 4 is 105 Å². The van der Waals surface area contributed by atoms with Crippen LogP contribution >= 0.6 is 11.3 Å². The molecule has 1 N–H and O–H groups in total. The van der Waals surface area contributed by atoms with Crippen LogP contribution in [0.5, 0.6) is 0 Å². The molecular formula is C63H54BN2OS. The highest BCUT2D eigenvalue weighted by Gasteiger charge is 2.39. The van der Waals surface area contributed by atoms with E-state index in [0.717, 1.165) is 27.9 Å². The zero-order valence-corrected chi connectivity index (χ0v) is 41.3. The van der Waals surface area contributed by atoms with Gasteiger partial charge < -0.3 is 14.3 Å². The highest BCUT2D eigenvalue weighted by molar-refractivity contribution is 7.25. The minimum absolute atomic E-state index is 0.0665. The molecule has 68 heavy (non-hydrogen) atoms. The molecule has 0 fully saturated rings. The van der Waals surface area contributed by atoms with Gasteiger partial charge in [-0.25, -0.2) is 0 Å². The zero-order chi connectivity index (χ0) is 46.4. The second kappa shape index (κ2) is 13.4. The fourth-order valence-corrected chi connectivity index (χ4v) is 13.9. The van der Waals surface area contributed by atoms with Crippen molar-refractivity contribution in [1.29, 1.82) is 0 Å². The Balaban J connectivity index is 1.07. The Hall–Kier alpha value is -6.56. The fourth-order valence-electron chi connectivity index (χ4n) is 12.7. The van der Waals surface area contributed by atoms with Gasteiger partial charge in [0.15, 0.2) is 7.28 Å². The molecule has 3 aromatic heterocycles. The van der Waals surface area contributed by atoms with Gasteiger partial charge in [-0.2, -0.15) is 0 Å². The summed E-state index contributed by atoms with van der Waals surface area (Å²) < 4.78 is 11.8. The number of furan rings is 1. The fraction of sp³-hybridized carbons (Fsp3) is 0.238. The number of nitrogens with zero attached hydrogens (tertiary/aromatic N) is 1. The standard InChI is InChI=1S/C63H54BN2OS/c1-60(2,3)34-18-20-35(21-19-34)65-49-33-55-42(43-29-46-47(32-54(43)68-55)62(6,7)27-26-61(46,4)5)28-41(49)37-22-23-39-56-50(24-25-53-57(56)38-15-11-13-17-52(38)67-53)66-51-30-40-36-14-10-12-16-44(36)63(8,9)45(40)31-48(51)64-58(37)59(39)66/h10-25,28-33,65H,26-27H2,1-9H3. The van der Waals surface area contributed by atoms with Crippen LogP contribution in [-0.2, 0) is 21.7 Å². The SMILES string of the molecule is CC(C)(C)c1ccc(Nc2cc3sc4cc5c(cc4c3cc2-c2ccc3c4c6c(ccc4n4c3c2[B]c2cc3c(cc2-4)-c2ccccc2C3(C)C)oc2ccccc26)C(C)(C)CCC5(C)C)cc1. The van der Waals surface area contributed by atoms with E-state index in [4.69, 9.17) is 4.42 Å².